The minimum absolute atomic E-state index is 0.160. The number of rotatable bonds is 11. The SMILES string of the molecule is C=CCN(CCCOc1ccc(CC)cc1)CCC(=O)O. The fourth-order valence-corrected chi connectivity index (χ4v) is 2.03. The molecule has 0 aliphatic rings. The van der Waals surface area contributed by atoms with Gasteiger partial charge < -0.3 is 9.84 Å². The van der Waals surface area contributed by atoms with Crippen molar-refractivity contribution < 1.29 is 14.6 Å². The fraction of sp³-hybridized carbons (Fsp3) is 0.471. The Hall–Kier alpha value is -1.81. The number of hydrogen-bond donors (Lipinski definition) is 1. The number of carbonyl (C=O) groups is 1. The number of hydrogen-bond acceptors (Lipinski definition) is 3. The Kier molecular flexibility index (Phi) is 8.21. The molecule has 1 aromatic carbocycles. The van der Waals surface area contributed by atoms with Crippen molar-refractivity contribution in [1.29, 1.82) is 0 Å². The molecule has 1 aromatic rings. The number of aliphatic carboxylic acids is 1. The molecule has 0 atom stereocenters. The van der Waals surface area contributed by atoms with Crippen LogP contribution in [0.25, 0.3) is 0 Å². The summed E-state index contributed by atoms with van der Waals surface area (Å²) >= 11 is 0. The van der Waals surface area contributed by atoms with Crippen LogP contribution in [0, 0.1) is 0 Å². The topological polar surface area (TPSA) is 49.8 Å². The molecule has 0 aliphatic carbocycles. The molecular formula is C17H25NO3. The minimum atomic E-state index is -0.767. The summed E-state index contributed by atoms with van der Waals surface area (Å²) in [5.41, 5.74) is 1.30. The first-order valence-electron chi connectivity index (χ1n) is 7.42. The van der Waals surface area contributed by atoms with E-state index in [0.29, 0.717) is 19.7 Å². The predicted octanol–water partition coefficient (Wildman–Crippen LogP) is 2.98. The van der Waals surface area contributed by atoms with Crippen molar-refractivity contribution in [3.8, 4) is 5.75 Å². The van der Waals surface area contributed by atoms with Gasteiger partial charge in [0.05, 0.1) is 13.0 Å². The van der Waals surface area contributed by atoms with Crippen LogP contribution in [0.15, 0.2) is 36.9 Å². The van der Waals surface area contributed by atoms with Crippen LogP contribution in [-0.2, 0) is 11.2 Å². The molecule has 0 heterocycles. The van der Waals surface area contributed by atoms with Crippen LogP contribution in [-0.4, -0.2) is 42.2 Å². The summed E-state index contributed by atoms with van der Waals surface area (Å²) in [5.74, 6) is 0.115. The van der Waals surface area contributed by atoms with Gasteiger partial charge >= 0.3 is 5.97 Å². The summed E-state index contributed by atoms with van der Waals surface area (Å²) in [4.78, 5) is 12.7. The van der Waals surface area contributed by atoms with E-state index in [-0.39, 0.29) is 6.42 Å². The molecule has 0 spiro atoms. The summed E-state index contributed by atoms with van der Waals surface area (Å²) in [6.45, 7) is 8.52. The normalized spacial score (nSPS) is 10.6. The van der Waals surface area contributed by atoms with Gasteiger partial charge in [-0.25, -0.2) is 0 Å². The van der Waals surface area contributed by atoms with E-state index in [1.54, 1.807) is 6.08 Å². The average Bonchev–Trinajstić information content (AvgIpc) is 2.49. The van der Waals surface area contributed by atoms with E-state index in [0.717, 1.165) is 25.1 Å². The smallest absolute Gasteiger partial charge is 0.304 e. The summed E-state index contributed by atoms with van der Waals surface area (Å²) in [6.07, 6.45) is 3.85. The molecule has 1 rings (SSSR count). The third-order valence-corrected chi connectivity index (χ3v) is 3.25. The molecule has 0 fully saturated rings. The van der Waals surface area contributed by atoms with E-state index in [2.05, 4.69) is 30.5 Å². The lowest BCUT2D eigenvalue weighted by molar-refractivity contribution is -0.137. The monoisotopic (exact) mass is 291 g/mol. The predicted molar refractivity (Wildman–Crippen MR) is 84.8 cm³/mol. The molecule has 0 radical (unpaired) electrons. The van der Waals surface area contributed by atoms with Crippen molar-refractivity contribution in [2.75, 3.05) is 26.2 Å². The Morgan fingerprint density at radius 1 is 1.33 bits per heavy atom. The van der Waals surface area contributed by atoms with Gasteiger partial charge in [0.2, 0.25) is 0 Å². The van der Waals surface area contributed by atoms with Gasteiger partial charge in [-0.15, -0.1) is 6.58 Å². The highest BCUT2D eigenvalue weighted by atomic mass is 16.5. The molecule has 4 nitrogen and oxygen atoms in total. The van der Waals surface area contributed by atoms with Gasteiger partial charge in [0.25, 0.3) is 0 Å². The summed E-state index contributed by atoms with van der Waals surface area (Å²) in [5, 5.41) is 8.72. The van der Waals surface area contributed by atoms with Crippen LogP contribution in [0.3, 0.4) is 0 Å². The lowest BCUT2D eigenvalue weighted by Gasteiger charge is -2.19. The molecule has 0 saturated heterocycles. The molecule has 0 bridgehead atoms. The van der Waals surface area contributed by atoms with E-state index >= 15 is 0 Å². The largest absolute Gasteiger partial charge is 0.494 e. The quantitative estimate of drug-likeness (QED) is 0.503. The van der Waals surface area contributed by atoms with Gasteiger partial charge in [-0.05, 0) is 30.5 Å². The van der Waals surface area contributed by atoms with Crippen molar-refractivity contribution in [3.63, 3.8) is 0 Å². The highest BCUT2D eigenvalue weighted by Crippen LogP contribution is 2.12. The maximum atomic E-state index is 10.6. The highest BCUT2D eigenvalue weighted by Gasteiger charge is 2.05. The minimum Gasteiger partial charge on any atom is -0.494 e. The zero-order valence-electron chi connectivity index (χ0n) is 12.8. The van der Waals surface area contributed by atoms with Crippen molar-refractivity contribution in [1.82, 2.24) is 4.90 Å². The summed E-state index contributed by atoms with van der Waals surface area (Å²) < 4.78 is 5.69. The maximum absolute atomic E-state index is 10.6. The van der Waals surface area contributed by atoms with Gasteiger partial charge in [-0.3, -0.25) is 9.69 Å². The van der Waals surface area contributed by atoms with Crippen LogP contribution in [0.2, 0.25) is 0 Å². The van der Waals surface area contributed by atoms with Gasteiger partial charge in [0.15, 0.2) is 0 Å². The summed E-state index contributed by atoms with van der Waals surface area (Å²) in [7, 11) is 0. The van der Waals surface area contributed by atoms with Crippen LogP contribution in [0.4, 0.5) is 0 Å². The molecule has 116 valence electrons. The fourth-order valence-electron chi connectivity index (χ4n) is 2.03. The number of carboxylic acid groups (broad SMARTS) is 1. The zero-order valence-corrected chi connectivity index (χ0v) is 12.8. The maximum Gasteiger partial charge on any atom is 0.304 e. The molecule has 0 aliphatic heterocycles. The standard InChI is InChI=1S/C17H25NO3/c1-3-11-18(13-10-17(19)20)12-5-14-21-16-8-6-15(4-2)7-9-16/h3,6-9H,1,4-5,10-14H2,2H3,(H,19,20). The Morgan fingerprint density at radius 3 is 2.62 bits per heavy atom. The van der Waals surface area contributed by atoms with Gasteiger partial charge in [-0.2, -0.15) is 0 Å². The van der Waals surface area contributed by atoms with E-state index in [4.69, 9.17) is 9.84 Å². The third-order valence-electron chi connectivity index (χ3n) is 3.25. The lowest BCUT2D eigenvalue weighted by atomic mass is 10.2. The van der Waals surface area contributed by atoms with Crippen LogP contribution < -0.4 is 4.74 Å². The van der Waals surface area contributed by atoms with E-state index < -0.39 is 5.97 Å². The molecule has 1 N–H and O–H groups in total. The first-order chi connectivity index (χ1) is 10.2. The number of nitrogens with zero attached hydrogens (tertiary/aromatic N) is 1. The second-order valence-electron chi connectivity index (χ2n) is 4.93. The van der Waals surface area contributed by atoms with Gasteiger partial charge in [-0.1, -0.05) is 25.1 Å². The molecular weight excluding hydrogens is 266 g/mol. The molecule has 0 amide bonds. The summed E-state index contributed by atoms with van der Waals surface area (Å²) in [6, 6.07) is 8.13. The lowest BCUT2D eigenvalue weighted by Crippen LogP contribution is -2.28. The molecule has 0 unspecified atom stereocenters. The van der Waals surface area contributed by atoms with Crippen LogP contribution in [0.5, 0.6) is 5.75 Å². The Labute approximate surface area is 127 Å². The van der Waals surface area contributed by atoms with Crippen LogP contribution in [0.1, 0.15) is 25.3 Å². The first-order valence-corrected chi connectivity index (χ1v) is 7.42. The number of benzene rings is 1. The number of ether oxygens (including phenoxy) is 1. The Balaban J connectivity index is 2.25. The zero-order chi connectivity index (χ0) is 15.5. The third kappa shape index (κ3) is 7.51. The molecule has 21 heavy (non-hydrogen) atoms. The van der Waals surface area contributed by atoms with E-state index in [9.17, 15) is 4.79 Å². The van der Waals surface area contributed by atoms with E-state index in [1.807, 2.05) is 12.1 Å². The Morgan fingerprint density at radius 2 is 2.05 bits per heavy atom. The Bertz CT molecular complexity index is 428. The van der Waals surface area contributed by atoms with Crippen molar-refractivity contribution in [2.24, 2.45) is 0 Å². The second-order valence-corrected chi connectivity index (χ2v) is 4.93. The van der Waals surface area contributed by atoms with E-state index in [1.165, 1.54) is 5.56 Å². The van der Waals surface area contributed by atoms with Crippen molar-refractivity contribution in [2.45, 2.75) is 26.2 Å². The molecule has 0 saturated carbocycles. The van der Waals surface area contributed by atoms with Gasteiger partial charge in [0, 0.05) is 19.6 Å². The molecule has 0 aromatic heterocycles. The van der Waals surface area contributed by atoms with Crippen molar-refractivity contribution >= 4 is 5.97 Å². The first kappa shape index (κ1) is 17.2. The van der Waals surface area contributed by atoms with Crippen LogP contribution >= 0.6 is 0 Å². The molecule has 4 heteroatoms. The number of aryl methyl sites for hydroxylation is 1. The van der Waals surface area contributed by atoms with Gasteiger partial charge in [0.1, 0.15) is 5.75 Å². The van der Waals surface area contributed by atoms with Crippen molar-refractivity contribution in [3.05, 3.63) is 42.5 Å². The number of carboxylic acids is 1. The second kappa shape index (κ2) is 10.00. The highest BCUT2D eigenvalue weighted by molar-refractivity contribution is 5.66. The average molecular weight is 291 g/mol.